The fourth-order valence-corrected chi connectivity index (χ4v) is 4.18. The number of thioether (sulfide) groups is 1. The number of aryl methyl sites for hydroxylation is 2. The molecule has 4 aromatic rings. The number of amides is 1. The second kappa shape index (κ2) is 10.2. The maximum atomic E-state index is 12.7. The van der Waals surface area contributed by atoms with Gasteiger partial charge in [0.2, 0.25) is 5.91 Å². The molecule has 0 aliphatic carbocycles. The predicted octanol–water partition coefficient (Wildman–Crippen LogP) is 5.18. The van der Waals surface area contributed by atoms with Crippen molar-refractivity contribution in [3.63, 3.8) is 0 Å². The summed E-state index contributed by atoms with van der Waals surface area (Å²) in [6, 6.07) is 20.0. The van der Waals surface area contributed by atoms with Crippen molar-refractivity contribution in [1.82, 2.24) is 19.7 Å². The maximum absolute atomic E-state index is 12.7. The molecule has 1 amide bonds. The van der Waals surface area contributed by atoms with Gasteiger partial charge in [0.1, 0.15) is 0 Å². The summed E-state index contributed by atoms with van der Waals surface area (Å²) in [5.41, 5.74) is 5.11. The third-order valence-electron chi connectivity index (χ3n) is 5.18. The molecule has 0 radical (unpaired) electrons. The van der Waals surface area contributed by atoms with Crippen LogP contribution in [0.15, 0.2) is 78.2 Å². The number of nitrogens with one attached hydrogen (secondary N) is 1. The maximum Gasteiger partial charge on any atom is 0.234 e. The Morgan fingerprint density at radius 2 is 1.69 bits per heavy atom. The molecule has 2 heterocycles. The lowest BCUT2D eigenvalue weighted by Crippen LogP contribution is -2.15. The Morgan fingerprint density at radius 1 is 0.938 bits per heavy atom. The highest BCUT2D eigenvalue weighted by atomic mass is 32.2. The predicted molar refractivity (Wildman–Crippen MR) is 129 cm³/mol. The van der Waals surface area contributed by atoms with E-state index in [9.17, 15) is 4.79 Å². The zero-order valence-corrected chi connectivity index (χ0v) is 19.0. The minimum Gasteiger partial charge on any atom is -0.325 e. The van der Waals surface area contributed by atoms with Crippen LogP contribution in [0.25, 0.3) is 17.1 Å². The third kappa shape index (κ3) is 4.89. The summed E-state index contributed by atoms with van der Waals surface area (Å²) < 4.78 is 1.99. The summed E-state index contributed by atoms with van der Waals surface area (Å²) in [6.45, 7) is 4.21. The molecule has 0 bridgehead atoms. The Balaban J connectivity index is 1.59. The first-order chi connectivity index (χ1) is 15.7. The van der Waals surface area contributed by atoms with Gasteiger partial charge in [-0.1, -0.05) is 55.9 Å². The molecule has 1 N–H and O–H groups in total. The average molecular weight is 444 g/mol. The number of rotatable bonds is 8. The van der Waals surface area contributed by atoms with Gasteiger partial charge in [-0.2, -0.15) is 0 Å². The van der Waals surface area contributed by atoms with Crippen LogP contribution in [0.5, 0.6) is 0 Å². The Hall–Kier alpha value is -3.45. The van der Waals surface area contributed by atoms with Crippen LogP contribution in [-0.4, -0.2) is 31.4 Å². The summed E-state index contributed by atoms with van der Waals surface area (Å²) in [4.78, 5) is 16.8. The van der Waals surface area contributed by atoms with Crippen molar-refractivity contribution >= 4 is 23.4 Å². The van der Waals surface area contributed by atoms with Gasteiger partial charge in [-0.3, -0.25) is 14.3 Å². The van der Waals surface area contributed by atoms with Gasteiger partial charge in [-0.25, -0.2) is 0 Å². The van der Waals surface area contributed by atoms with Gasteiger partial charge in [0.15, 0.2) is 11.0 Å². The summed E-state index contributed by atoms with van der Waals surface area (Å²) >= 11 is 1.37. The number of anilines is 1. The topological polar surface area (TPSA) is 72.7 Å². The van der Waals surface area contributed by atoms with Crippen LogP contribution in [0.1, 0.15) is 25.0 Å². The molecule has 0 saturated carbocycles. The number of nitrogens with zero attached hydrogens (tertiary/aromatic N) is 4. The molecule has 4 rings (SSSR count). The van der Waals surface area contributed by atoms with Crippen molar-refractivity contribution in [2.75, 3.05) is 11.1 Å². The number of para-hydroxylation sites is 1. The number of hydrogen-bond acceptors (Lipinski definition) is 5. The zero-order valence-electron chi connectivity index (χ0n) is 18.2. The number of benzene rings is 2. The standard InChI is InChI=1S/C25H25N5OS/c1-3-18-9-11-21(12-10-18)30-24(20-13-15-26-16-14-20)28-29-25(30)32-17-23(31)27-22-8-6-5-7-19(22)4-2/h5-16H,3-4,17H2,1-2H3,(H,27,31). The lowest BCUT2D eigenvalue weighted by molar-refractivity contribution is -0.113. The van der Waals surface area contributed by atoms with Crippen LogP contribution in [0, 0.1) is 0 Å². The Morgan fingerprint density at radius 3 is 2.41 bits per heavy atom. The van der Waals surface area contributed by atoms with Crippen molar-refractivity contribution in [1.29, 1.82) is 0 Å². The van der Waals surface area contributed by atoms with Crippen LogP contribution < -0.4 is 5.32 Å². The van der Waals surface area contributed by atoms with Crippen LogP contribution in [0.4, 0.5) is 5.69 Å². The number of aromatic nitrogens is 4. The van der Waals surface area contributed by atoms with Crippen molar-refractivity contribution in [3.05, 3.63) is 84.2 Å². The van der Waals surface area contributed by atoms with Gasteiger partial charge in [0.25, 0.3) is 0 Å². The second-order valence-corrected chi connectivity index (χ2v) is 8.19. The first-order valence-corrected chi connectivity index (χ1v) is 11.6. The van der Waals surface area contributed by atoms with Gasteiger partial charge in [-0.05, 0) is 54.3 Å². The minimum absolute atomic E-state index is 0.0720. The van der Waals surface area contributed by atoms with E-state index in [1.807, 2.05) is 41.0 Å². The SMILES string of the molecule is CCc1ccc(-n2c(SCC(=O)Nc3ccccc3CC)nnc2-c2ccncc2)cc1. The van der Waals surface area contributed by atoms with Crippen molar-refractivity contribution in [2.45, 2.75) is 31.8 Å². The number of carbonyl (C=O) groups excluding carboxylic acids is 1. The van der Waals surface area contributed by atoms with E-state index in [-0.39, 0.29) is 11.7 Å². The van der Waals surface area contributed by atoms with E-state index >= 15 is 0 Å². The highest BCUT2D eigenvalue weighted by molar-refractivity contribution is 7.99. The molecule has 2 aromatic carbocycles. The quantitative estimate of drug-likeness (QED) is 0.380. The molecule has 0 spiro atoms. The lowest BCUT2D eigenvalue weighted by Gasteiger charge is -2.12. The normalized spacial score (nSPS) is 10.8. The average Bonchev–Trinajstić information content (AvgIpc) is 3.27. The fraction of sp³-hybridized carbons (Fsp3) is 0.200. The van der Waals surface area contributed by atoms with Crippen LogP contribution in [0.2, 0.25) is 0 Å². The highest BCUT2D eigenvalue weighted by Crippen LogP contribution is 2.28. The van der Waals surface area contributed by atoms with E-state index in [1.165, 1.54) is 17.3 Å². The molecule has 0 aliphatic rings. The summed E-state index contributed by atoms with van der Waals surface area (Å²) in [7, 11) is 0. The molecule has 0 aliphatic heterocycles. The highest BCUT2D eigenvalue weighted by Gasteiger charge is 2.17. The Kier molecular flexibility index (Phi) is 6.97. The van der Waals surface area contributed by atoms with Crippen LogP contribution in [-0.2, 0) is 17.6 Å². The molecule has 6 nitrogen and oxygen atoms in total. The number of pyridine rings is 1. The van der Waals surface area contributed by atoms with E-state index in [0.29, 0.717) is 5.16 Å². The number of carbonyl (C=O) groups is 1. The van der Waals surface area contributed by atoms with Crippen molar-refractivity contribution in [2.24, 2.45) is 0 Å². The summed E-state index contributed by atoms with van der Waals surface area (Å²) in [5.74, 6) is 0.882. The molecular formula is C25H25N5OS. The molecule has 2 aromatic heterocycles. The molecule has 0 unspecified atom stereocenters. The van der Waals surface area contributed by atoms with Crippen LogP contribution >= 0.6 is 11.8 Å². The summed E-state index contributed by atoms with van der Waals surface area (Å²) in [5, 5.41) is 12.5. The van der Waals surface area contributed by atoms with E-state index in [0.717, 1.165) is 41.2 Å². The van der Waals surface area contributed by atoms with Gasteiger partial charge in [0.05, 0.1) is 5.75 Å². The van der Waals surface area contributed by atoms with E-state index in [1.54, 1.807) is 12.4 Å². The second-order valence-electron chi connectivity index (χ2n) is 7.25. The molecule has 162 valence electrons. The Labute approximate surface area is 192 Å². The first kappa shape index (κ1) is 21.8. The molecule has 0 saturated heterocycles. The minimum atomic E-state index is -0.0720. The van der Waals surface area contributed by atoms with E-state index in [4.69, 9.17) is 0 Å². The molecule has 0 atom stereocenters. The van der Waals surface area contributed by atoms with Crippen molar-refractivity contribution < 1.29 is 4.79 Å². The van der Waals surface area contributed by atoms with Crippen LogP contribution in [0.3, 0.4) is 0 Å². The smallest absolute Gasteiger partial charge is 0.234 e. The third-order valence-corrected chi connectivity index (χ3v) is 6.11. The van der Waals surface area contributed by atoms with Gasteiger partial charge in [0, 0.05) is 29.3 Å². The number of hydrogen-bond donors (Lipinski definition) is 1. The largest absolute Gasteiger partial charge is 0.325 e. The molecule has 7 heteroatoms. The lowest BCUT2D eigenvalue weighted by atomic mass is 10.1. The van der Waals surface area contributed by atoms with E-state index in [2.05, 4.69) is 58.6 Å². The van der Waals surface area contributed by atoms with Gasteiger partial charge >= 0.3 is 0 Å². The fourth-order valence-electron chi connectivity index (χ4n) is 3.43. The van der Waals surface area contributed by atoms with Crippen molar-refractivity contribution in [3.8, 4) is 17.1 Å². The molecular weight excluding hydrogens is 418 g/mol. The van der Waals surface area contributed by atoms with Gasteiger partial charge < -0.3 is 5.32 Å². The molecule has 0 fully saturated rings. The van der Waals surface area contributed by atoms with E-state index < -0.39 is 0 Å². The summed E-state index contributed by atoms with van der Waals surface area (Å²) in [6.07, 6.45) is 5.31. The monoisotopic (exact) mass is 443 g/mol. The zero-order chi connectivity index (χ0) is 22.3. The molecule has 32 heavy (non-hydrogen) atoms. The Bertz CT molecular complexity index is 1190. The first-order valence-electron chi connectivity index (χ1n) is 10.6. The van der Waals surface area contributed by atoms with Gasteiger partial charge in [-0.15, -0.1) is 10.2 Å².